The summed E-state index contributed by atoms with van der Waals surface area (Å²) in [5.41, 5.74) is 2.29. The van der Waals surface area contributed by atoms with Crippen molar-refractivity contribution in [3.63, 3.8) is 0 Å². The molecule has 3 rings (SSSR count). The third-order valence-corrected chi connectivity index (χ3v) is 5.95. The van der Waals surface area contributed by atoms with Crippen LogP contribution in [0.2, 0.25) is 0 Å². The molecule has 1 unspecified atom stereocenters. The van der Waals surface area contributed by atoms with Gasteiger partial charge in [0.05, 0.1) is 6.42 Å². The highest BCUT2D eigenvalue weighted by Gasteiger charge is 2.42. The maximum Gasteiger partial charge on any atom is 0.227 e. The van der Waals surface area contributed by atoms with Crippen molar-refractivity contribution >= 4 is 11.8 Å². The summed E-state index contributed by atoms with van der Waals surface area (Å²) in [4.78, 5) is 29.0. The number of carbonyl (C=O) groups is 2. The minimum Gasteiger partial charge on any atom is -0.396 e. The van der Waals surface area contributed by atoms with Gasteiger partial charge in [0.2, 0.25) is 11.8 Å². The third kappa shape index (κ3) is 4.26. The molecule has 0 aromatic heterocycles. The van der Waals surface area contributed by atoms with Crippen molar-refractivity contribution in [3.8, 4) is 0 Å². The first-order chi connectivity index (χ1) is 12.5. The number of piperidine rings is 2. The van der Waals surface area contributed by atoms with Crippen LogP contribution < -0.4 is 0 Å². The zero-order valence-corrected chi connectivity index (χ0v) is 15.7. The van der Waals surface area contributed by atoms with Gasteiger partial charge in [0.25, 0.3) is 0 Å². The normalized spacial score (nSPS) is 23.5. The zero-order chi connectivity index (χ0) is 18.6. The van der Waals surface area contributed by atoms with E-state index in [2.05, 4.69) is 0 Å². The summed E-state index contributed by atoms with van der Waals surface area (Å²) in [7, 11) is 0. The Kier molecular flexibility index (Phi) is 5.97. The standard InChI is InChI=1S/C21H30N2O3/c1-17-6-2-3-7-18(17)14-20(26)23-11-4-9-21(16-23)10-8-19(25)22(15-21)12-5-13-24/h2-3,6-7,24H,4-5,8-16H2,1H3. The molecule has 1 spiro atoms. The van der Waals surface area contributed by atoms with E-state index in [1.165, 1.54) is 0 Å². The van der Waals surface area contributed by atoms with Gasteiger partial charge < -0.3 is 14.9 Å². The molecular weight excluding hydrogens is 328 g/mol. The smallest absolute Gasteiger partial charge is 0.227 e. The molecule has 26 heavy (non-hydrogen) atoms. The first kappa shape index (κ1) is 18.9. The average molecular weight is 358 g/mol. The molecule has 2 aliphatic rings. The molecule has 2 saturated heterocycles. The van der Waals surface area contributed by atoms with Gasteiger partial charge in [-0.1, -0.05) is 24.3 Å². The van der Waals surface area contributed by atoms with Gasteiger partial charge in [-0.3, -0.25) is 9.59 Å². The van der Waals surface area contributed by atoms with E-state index >= 15 is 0 Å². The monoisotopic (exact) mass is 358 g/mol. The second kappa shape index (κ2) is 8.21. The second-order valence-electron chi connectivity index (χ2n) is 7.91. The van der Waals surface area contributed by atoms with Gasteiger partial charge in [-0.15, -0.1) is 0 Å². The van der Waals surface area contributed by atoms with Crippen LogP contribution in [0, 0.1) is 12.3 Å². The Morgan fingerprint density at radius 3 is 2.81 bits per heavy atom. The predicted octanol–water partition coefficient (Wildman–Crippen LogP) is 2.15. The van der Waals surface area contributed by atoms with Crippen molar-refractivity contribution in [2.24, 2.45) is 5.41 Å². The number of carbonyl (C=O) groups excluding carboxylic acids is 2. The van der Waals surface area contributed by atoms with Crippen molar-refractivity contribution in [1.82, 2.24) is 9.80 Å². The topological polar surface area (TPSA) is 60.9 Å². The third-order valence-electron chi connectivity index (χ3n) is 5.95. The molecule has 142 valence electrons. The molecule has 1 atom stereocenters. The molecule has 0 saturated carbocycles. The number of benzene rings is 1. The average Bonchev–Trinajstić information content (AvgIpc) is 2.65. The summed E-state index contributed by atoms with van der Waals surface area (Å²) in [5.74, 6) is 0.379. The Balaban J connectivity index is 1.65. The summed E-state index contributed by atoms with van der Waals surface area (Å²) in [5, 5.41) is 9.07. The molecule has 0 bridgehead atoms. The summed E-state index contributed by atoms with van der Waals surface area (Å²) >= 11 is 0. The van der Waals surface area contributed by atoms with Crippen LogP contribution >= 0.6 is 0 Å². The number of hydrogen-bond donors (Lipinski definition) is 1. The highest BCUT2D eigenvalue weighted by Crippen LogP contribution is 2.39. The fourth-order valence-electron chi connectivity index (χ4n) is 4.40. The van der Waals surface area contributed by atoms with E-state index in [9.17, 15) is 9.59 Å². The number of aliphatic hydroxyl groups is 1. The van der Waals surface area contributed by atoms with Gasteiger partial charge in [-0.2, -0.15) is 0 Å². The van der Waals surface area contributed by atoms with E-state index in [1.807, 2.05) is 41.0 Å². The maximum atomic E-state index is 12.9. The van der Waals surface area contributed by atoms with E-state index in [0.717, 1.165) is 50.0 Å². The van der Waals surface area contributed by atoms with Crippen LogP contribution in [0.25, 0.3) is 0 Å². The van der Waals surface area contributed by atoms with Crippen LogP contribution in [0.5, 0.6) is 0 Å². The lowest BCUT2D eigenvalue weighted by Gasteiger charge is -2.48. The van der Waals surface area contributed by atoms with Crippen LogP contribution in [-0.2, 0) is 16.0 Å². The van der Waals surface area contributed by atoms with Crippen LogP contribution in [0.15, 0.2) is 24.3 Å². The van der Waals surface area contributed by atoms with Crippen molar-refractivity contribution in [2.45, 2.75) is 45.4 Å². The quantitative estimate of drug-likeness (QED) is 0.877. The van der Waals surface area contributed by atoms with Crippen molar-refractivity contribution in [2.75, 3.05) is 32.8 Å². The summed E-state index contributed by atoms with van der Waals surface area (Å²) in [6, 6.07) is 8.06. The first-order valence-corrected chi connectivity index (χ1v) is 9.74. The van der Waals surface area contributed by atoms with E-state index < -0.39 is 0 Å². The maximum absolute atomic E-state index is 12.9. The van der Waals surface area contributed by atoms with Crippen LogP contribution in [0.4, 0.5) is 0 Å². The molecule has 2 aliphatic heterocycles. The minimum absolute atomic E-state index is 0.0308. The van der Waals surface area contributed by atoms with E-state index in [4.69, 9.17) is 5.11 Å². The van der Waals surface area contributed by atoms with Gasteiger partial charge >= 0.3 is 0 Å². The highest BCUT2D eigenvalue weighted by atomic mass is 16.3. The lowest BCUT2D eigenvalue weighted by Crippen LogP contribution is -2.55. The van der Waals surface area contributed by atoms with Crippen LogP contribution in [0.3, 0.4) is 0 Å². The molecule has 1 N–H and O–H groups in total. The molecule has 5 nitrogen and oxygen atoms in total. The molecule has 5 heteroatoms. The zero-order valence-electron chi connectivity index (χ0n) is 15.7. The minimum atomic E-state index is 0.0308. The molecule has 2 amide bonds. The van der Waals surface area contributed by atoms with Gasteiger partial charge in [0.1, 0.15) is 0 Å². The van der Waals surface area contributed by atoms with E-state index in [0.29, 0.717) is 25.8 Å². The SMILES string of the molecule is Cc1ccccc1CC(=O)N1CCCC2(CCC(=O)N(CCCO)C2)C1. The lowest BCUT2D eigenvalue weighted by atomic mass is 9.73. The second-order valence-corrected chi connectivity index (χ2v) is 7.91. The Morgan fingerprint density at radius 2 is 2.04 bits per heavy atom. The number of rotatable bonds is 5. The van der Waals surface area contributed by atoms with Crippen molar-refractivity contribution in [3.05, 3.63) is 35.4 Å². The number of aryl methyl sites for hydroxylation is 1. The van der Waals surface area contributed by atoms with Crippen molar-refractivity contribution < 1.29 is 14.7 Å². The predicted molar refractivity (Wildman–Crippen MR) is 101 cm³/mol. The van der Waals surface area contributed by atoms with E-state index in [1.54, 1.807) is 0 Å². The Labute approximate surface area is 156 Å². The summed E-state index contributed by atoms with van der Waals surface area (Å²) in [6.45, 7) is 5.07. The number of aliphatic hydroxyl groups excluding tert-OH is 1. The number of amides is 2. The Hall–Kier alpha value is -1.88. The fraction of sp³-hybridized carbons (Fsp3) is 0.619. The number of nitrogens with zero attached hydrogens (tertiary/aromatic N) is 2. The van der Waals surface area contributed by atoms with E-state index in [-0.39, 0.29) is 23.8 Å². The highest BCUT2D eigenvalue weighted by molar-refractivity contribution is 5.80. The number of hydrogen-bond acceptors (Lipinski definition) is 3. The fourth-order valence-corrected chi connectivity index (χ4v) is 4.40. The summed E-state index contributed by atoms with van der Waals surface area (Å²) < 4.78 is 0. The molecule has 2 fully saturated rings. The largest absolute Gasteiger partial charge is 0.396 e. The van der Waals surface area contributed by atoms with Crippen LogP contribution in [0.1, 0.15) is 43.2 Å². The Morgan fingerprint density at radius 1 is 1.23 bits per heavy atom. The Bertz CT molecular complexity index is 660. The van der Waals surface area contributed by atoms with Gasteiger partial charge in [0, 0.05) is 44.6 Å². The first-order valence-electron chi connectivity index (χ1n) is 9.74. The van der Waals surface area contributed by atoms with Gasteiger partial charge in [-0.25, -0.2) is 0 Å². The molecule has 1 aromatic carbocycles. The number of likely N-dealkylation sites (tertiary alicyclic amines) is 2. The molecule has 0 aliphatic carbocycles. The van der Waals surface area contributed by atoms with Gasteiger partial charge in [0.15, 0.2) is 0 Å². The van der Waals surface area contributed by atoms with Crippen LogP contribution in [-0.4, -0.2) is 59.5 Å². The van der Waals surface area contributed by atoms with Crippen molar-refractivity contribution in [1.29, 1.82) is 0 Å². The van der Waals surface area contributed by atoms with Gasteiger partial charge in [-0.05, 0) is 43.7 Å². The molecule has 2 heterocycles. The molecule has 0 radical (unpaired) electrons. The molecular formula is C21H30N2O3. The lowest BCUT2D eigenvalue weighted by molar-refractivity contribution is -0.142. The summed E-state index contributed by atoms with van der Waals surface area (Å²) in [6.07, 6.45) is 4.58. The molecule has 1 aromatic rings.